The molecule has 62 valence electrons. The number of rotatable bonds is 0. The van der Waals surface area contributed by atoms with E-state index in [1.165, 1.54) is 0 Å². The predicted molar refractivity (Wildman–Crippen MR) is 3.43 cm³/mol. The van der Waals surface area contributed by atoms with Crippen molar-refractivity contribution in [2.45, 2.75) is 0 Å². The van der Waals surface area contributed by atoms with Crippen molar-refractivity contribution >= 4 is 0 Å². The van der Waals surface area contributed by atoms with Crippen LogP contribution in [0.2, 0.25) is 0 Å². The molecule has 0 heterocycles. The first-order valence-electron chi connectivity index (χ1n) is 0. The predicted octanol–water partition coefficient (Wildman–Crippen LogP) is -0.599. The minimum absolute atomic E-state index is 0. The third-order valence-corrected chi connectivity index (χ3v) is 0. The van der Waals surface area contributed by atoms with Crippen LogP contribution >= 0.6 is 0 Å². The largest absolute Gasteiger partial charge is 3.00 e. The second-order valence-electron chi connectivity index (χ2n) is 0. The van der Waals surface area contributed by atoms with Gasteiger partial charge in [0.2, 0.25) is 0 Å². The molecule has 0 atom stereocenters. The van der Waals surface area contributed by atoms with Crippen molar-refractivity contribution < 1.29 is 139 Å². The van der Waals surface area contributed by atoms with Crippen LogP contribution in [0.3, 0.4) is 0 Å². The second kappa shape index (κ2) is 106. The number of hydrogen-bond donors (Lipinski definition) is 0. The molecule has 0 rings (SSSR count). The zero-order valence-corrected chi connectivity index (χ0v) is 10.1. The van der Waals surface area contributed by atoms with Gasteiger partial charge in [0.25, 0.3) is 0 Å². The average molecular weight is 508 g/mol. The maximum Gasteiger partial charge on any atom is 3.00 e. The fraction of sp³-hybridized carbons (Fsp3) is 0. The van der Waals surface area contributed by atoms with Gasteiger partial charge in [-0.3, -0.25) is 0 Å². The number of hydrogen-bond acceptors (Lipinski definition) is 0. The van der Waals surface area contributed by atoms with Gasteiger partial charge in [-0.1, -0.05) is 0 Å². The zero-order chi connectivity index (χ0) is 0. The fourth-order valence-corrected chi connectivity index (χ4v) is 0. The van der Waals surface area contributed by atoms with Crippen LogP contribution in [0.15, 0.2) is 0 Å². The molecule has 0 amide bonds. The van der Waals surface area contributed by atoms with E-state index in [-0.39, 0.29) is 139 Å². The molecule has 0 fully saturated rings. The standard InChI is InChI=1S/2Mn.5O.2Tb/q2*+2;5*-2;2*+3. The summed E-state index contributed by atoms with van der Waals surface area (Å²) in [5, 5.41) is 0. The Bertz CT molecular complexity index is 12.9. The molecule has 0 aromatic carbocycles. The molecule has 9 heteroatoms. The summed E-state index contributed by atoms with van der Waals surface area (Å²) in [5.41, 5.74) is 0. The summed E-state index contributed by atoms with van der Waals surface area (Å²) in [6, 6.07) is 0. The molecule has 5 nitrogen and oxygen atoms in total. The van der Waals surface area contributed by atoms with Crippen LogP contribution in [-0.4, -0.2) is 0 Å². The first-order valence-corrected chi connectivity index (χ1v) is 0. The molecular weight excluding hydrogens is 508 g/mol. The van der Waals surface area contributed by atoms with Gasteiger partial charge in [-0.05, 0) is 0 Å². The van der Waals surface area contributed by atoms with Crippen molar-refractivity contribution in [2.75, 3.05) is 0 Å². The van der Waals surface area contributed by atoms with E-state index in [9.17, 15) is 0 Å². The Morgan fingerprint density at radius 2 is 0.333 bits per heavy atom. The Balaban J connectivity index is 0. The van der Waals surface area contributed by atoms with Gasteiger partial charge >= 0.3 is 111 Å². The summed E-state index contributed by atoms with van der Waals surface area (Å²) in [7, 11) is 0. The summed E-state index contributed by atoms with van der Waals surface area (Å²) < 4.78 is 0. The smallest absolute Gasteiger partial charge is 2.00 e. The Hall–Kier alpha value is 3.41. The molecule has 9 heavy (non-hydrogen) atoms. The van der Waals surface area contributed by atoms with Gasteiger partial charge in [0.15, 0.2) is 0 Å². The van der Waals surface area contributed by atoms with E-state index in [0.717, 1.165) is 0 Å². The molecule has 0 aliphatic heterocycles. The van der Waals surface area contributed by atoms with Crippen molar-refractivity contribution in [3.8, 4) is 0 Å². The van der Waals surface area contributed by atoms with Gasteiger partial charge in [0.05, 0.1) is 0 Å². The van der Waals surface area contributed by atoms with Gasteiger partial charge in [0, 0.05) is 0 Å². The first-order chi connectivity index (χ1) is 0. The van der Waals surface area contributed by atoms with E-state index in [1.54, 1.807) is 0 Å². The molecule has 0 saturated carbocycles. The van der Waals surface area contributed by atoms with E-state index in [4.69, 9.17) is 0 Å². The Labute approximate surface area is 136 Å². The van der Waals surface area contributed by atoms with Crippen molar-refractivity contribution in [2.24, 2.45) is 0 Å². The molecule has 0 aromatic heterocycles. The molecule has 0 aromatic rings. The average Bonchev–Trinajstić information content (AvgIpc) is 0. The van der Waals surface area contributed by atoms with E-state index >= 15 is 0 Å². The van der Waals surface area contributed by atoms with Gasteiger partial charge in [0.1, 0.15) is 0 Å². The van der Waals surface area contributed by atoms with E-state index in [0.29, 0.717) is 0 Å². The van der Waals surface area contributed by atoms with Crippen LogP contribution in [0.5, 0.6) is 0 Å². The van der Waals surface area contributed by atoms with Crippen LogP contribution in [-0.2, 0) is 61.5 Å². The zero-order valence-electron chi connectivity index (χ0n) is 3.46. The molecule has 0 N–H and O–H groups in total. The van der Waals surface area contributed by atoms with Gasteiger partial charge < -0.3 is 27.4 Å². The summed E-state index contributed by atoms with van der Waals surface area (Å²) in [6.45, 7) is 0. The maximum atomic E-state index is 0. The van der Waals surface area contributed by atoms with Crippen molar-refractivity contribution in [1.29, 1.82) is 0 Å². The van der Waals surface area contributed by atoms with Crippen LogP contribution in [0.25, 0.3) is 0 Å². The summed E-state index contributed by atoms with van der Waals surface area (Å²) in [4.78, 5) is 0. The van der Waals surface area contributed by atoms with E-state index in [1.807, 2.05) is 0 Å². The molecule has 0 unspecified atom stereocenters. The van der Waals surface area contributed by atoms with Gasteiger partial charge in [-0.15, -0.1) is 0 Å². The van der Waals surface area contributed by atoms with Crippen molar-refractivity contribution in [3.05, 3.63) is 0 Å². The third kappa shape index (κ3) is 86.9. The van der Waals surface area contributed by atoms with Crippen molar-refractivity contribution in [3.63, 3.8) is 0 Å². The Kier molecular flexibility index (Phi) is 1640. The topological polar surface area (TPSA) is 142 Å². The second-order valence-corrected chi connectivity index (χ2v) is 0. The molecule has 0 aliphatic rings. The molecule has 0 aliphatic carbocycles. The summed E-state index contributed by atoms with van der Waals surface area (Å²) >= 11 is 0. The first kappa shape index (κ1) is 139. The monoisotopic (exact) mass is 508 g/mol. The fourth-order valence-electron chi connectivity index (χ4n) is 0. The SMILES string of the molecule is [Mn+2].[Mn+2].[O-2].[O-2].[O-2].[O-2].[O-2].[Tb+3].[Tb+3]. The third-order valence-electron chi connectivity index (χ3n) is 0. The van der Waals surface area contributed by atoms with E-state index < -0.39 is 0 Å². The summed E-state index contributed by atoms with van der Waals surface area (Å²) in [5.74, 6) is 0. The minimum Gasteiger partial charge on any atom is -2.00 e. The van der Waals surface area contributed by atoms with E-state index in [2.05, 4.69) is 0 Å². The summed E-state index contributed by atoms with van der Waals surface area (Å²) in [6.07, 6.45) is 0. The molecule has 0 spiro atoms. The minimum atomic E-state index is 0. The molecular formula is Mn2O5Tb2. The maximum absolute atomic E-state index is 0. The van der Waals surface area contributed by atoms with Crippen LogP contribution in [0.1, 0.15) is 0 Å². The molecule has 0 bridgehead atoms. The van der Waals surface area contributed by atoms with Crippen molar-refractivity contribution in [1.82, 2.24) is 0 Å². The van der Waals surface area contributed by atoms with Crippen LogP contribution in [0, 0.1) is 77.2 Å². The van der Waals surface area contributed by atoms with Crippen LogP contribution < -0.4 is 0 Å². The quantitative estimate of drug-likeness (QED) is 0.386. The Morgan fingerprint density at radius 1 is 0.333 bits per heavy atom. The van der Waals surface area contributed by atoms with Gasteiger partial charge in [-0.25, -0.2) is 0 Å². The normalized spacial score (nSPS) is 0. The van der Waals surface area contributed by atoms with Gasteiger partial charge in [-0.2, -0.15) is 0 Å². The van der Waals surface area contributed by atoms with Crippen LogP contribution in [0.4, 0.5) is 0 Å². The molecule has 0 saturated heterocycles. The molecule has 2 radical (unpaired) electrons. The Morgan fingerprint density at radius 3 is 0.333 bits per heavy atom.